The van der Waals surface area contributed by atoms with Crippen molar-refractivity contribution in [1.82, 2.24) is 14.9 Å². The van der Waals surface area contributed by atoms with E-state index in [9.17, 15) is 4.79 Å². The van der Waals surface area contributed by atoms with Gasteiger partial charge in [-0.2, -0.15) is 0 Å². The van der Waals surface area contributed by atoms with Crippen molar-refractivity contribution in [1.29, 1.82) is 0 Å². The first-order valence-electron chi connectivity index (χ1n) is 8.04. The van der Waals surface area contributed by atoms with E-state index in [-0.39, 0.29) is 5.91 Å². The van der Waals surface area contributed by atoms with Crippen LogP contribution >= 0.6 is 0 Å². The summed E-state index contributed by atoms with van der Waals surface area (Å²) >= 11 is 0. The van der Waals surface area contributed by atoms with Crippen molar-refractivity contribution >= 4 is 11.7 Å². The number of piperidine rings is 1. The van der Waals surface area contributed by atoms with E-state index in [1.54, 1.807) is 6.92 Å². The van der Waals surface area contributed by atoms with E-state index in [4.69, 9.17) is 4.98 Å². The number of rotatable bonds is 3. The molecule has 0 radical (unpaired) electrons. The highest BCUT2D eigenvalue weighted by molar-refractivity contribution is 5.73. The fourth-order valence-corrected chi connectivity index (χ4v) is 3.41. The Kier molecular flexibility index (Phi) is 4.36. The van der Waals surface area contributed by atoms with Gasteiger partial charge in [-0.05, 0) is 38.0 Å². The third-order valence-electron chi connectivity index (χ3n) is 4.56. The summed E-state index contributed by atoms with van der Waals surface area (Å²) in [6.45, 7) is 5.63. The van der Waals surface area contributed by atoms with E-state index in [2.05, 4.69) is 9.88 Å². The lowest BCUT2D eigenvalue weighted by Gasteiger charge is -2.32. The van der Waals surface area contributed by atoms with Gasteiger partial charge in [-0.25, -0.2) is 4.98 Å². The molecule has 2 saturated heterocycles. The Morgan fingerprint density at radius 2 is 2.05 bits per heavy atom. The molecule has 0 saturated carbocycles. The predicted octanol–water partition coefficient (Wildman–Crippen LogP) is 1.88. The Labute approximate surface area is 126 Å². The number of hydrogen-bond acceptors (Lipinski definition) is 4. The van der Waals surface area contributed by atoms with Crippen molar-refractivity contribution in [3.63, 3.8) is 0 Å². The normalized spacial score (nSPS) is 22.6. The lowest BCUT2D eigenvalue weighted by atomic mass is 9.93. The van der Waals surface area contributed by atoms with Crippen LogP contribution in [0.3, 0.4) is 0 Å². The maximum absolute atomic E-state index is 11.5. The zero-order valence-electron chi connectivity index (χ0n) is 12.8. The molecule has 0 spiro atoms. The summed E-state index contributed by atoms with van der Waals surface area (Å²) in [6.07, 6.45) is 9.47. The quantitative estimate of drug-likeness (QED) is 0.852. The van der Waals surface area contributed by atoms with Gasteiger partial charge in [0.25, 0.3) is 0 Å². The number of hydrogen-bond donors (Lipinski definition) is 0. The average Bonchev–Trinajstić information content (AvgIpc) is 3.02. The minimum absolute atomic E-state index is 0.191. The molecule has 5 heteroatoms. The smallest absolute Gasteiger partial charge is 0.219 e. The fraction of sp³-hybridized carbons (Fsp3) is 0.688. The van der Waals surface area contributed by atoms with Crippen molar-refractivity contribution in [2.24, 2.45) is 5.92 Å². The van der Waals surface area contributed by atoms with Crippen molar-refractivity contribution in [2.75, 3.05) is 31.1 Å². The maximum atomic E-state index is 11.5. The molecule has 21 heavy (non-hydrogen) atoms. The molecule has 0 unspecified atom stereocenters. The van der Waals surface area contributed by atoms with Crippen molar-refractivity contribution < 1.29 is 4.79 Å². The summed E-state index contributed by atoms with van der Waals surface area (Å²) in [5, 5.41) is 0. The Balaban J connectivity index is 1.64. The molecular formula is C16H24N4O. The standard InChI is InChI=1S/C16H24N4O/c1-13(21)20-8-4-5-14(12-20)9-15-10-17-11-16(18-15)19-6-2-3-7-19/h10-11,14H,2-9,12H2,1H3/t14-/m0/s1. The minimum atomic E-state index is 0.191. The van der Waals surface area contributed by atoms with Gasteiger partial charge in [0, 0.05) is 39.3 Å². The molecule has 5 nitrogen and oxygen atoms in total. The maximum Gasteiger partial charge on any atom is 0.219 e. The van der Waals surface area contributed by atoms with Crippen LogP contribution in [0.5, 0.6) is 0 Å². The summed E-state index contributed by atoms with van der Waals surface area (Å²) < 4.78 is 0. The summed E-state index contributed by atoms with van der Waals surface area (Å²) in [6, 6.07) is 0. The highest BCUT2D eigenvalue weighted by atomic mass is 16.2. The molecule has 1 aromatic rings. The number of carbonyl (C=O) groups excluding carboxylic acids is 1. The third kappa shape index (κ3) is 3.52. The second-order valence-corrected chi connectivity index (χ2v) is 6.24. The van der Waals surface area contributed by atoms with Gasteiger partial charge in [-0.3, -0.25) is 9.78 Å². The van der Waals surface area contributed by atoms with E-state index in [1.807, 2.05) is 17.3 Å². The number of anilines is 1. The van der Waals surface area contributed by atoms with Gasteiger partial charge in [0.2, 0.25) is 5.91 Å². The summed E-state index contributed by atoms with van der Waals surface area (Å²) in [7, 11) is 0. The lowest BCUT2D eigenvalue weighted by molar-refractivity contribution is -0.130. The van der Waals surface area contributed by atoms with Crippen LogP contribution in [0.15, 0.2) is 12.4 Å². The molecule has 1 aromatic heterocycles. The highest BCUT2D eigenvalue weighted by Gasteiger charge is 2.22. The first-order chi connectivity index (χ1) is 10.2. The van der Waals surface area contributed by atoms with Crippen molar-refractivity contribution in [2.45, 2.75) is 39.0 Å². The zero-order valence-corrected chi connectivity index (χ0v) is 12.8. The van der Waals surface area contributed by atoms with Crippen LogP contribution in [0.1, 0.15) is 38.3 Å². The molecular weight excluding hydrogens is 264 g/mol. The van der Waals surface area contributed by atoms with Gasteiger partial charge in [-0.1, -0.05) is 0 Å². The Bertz CT molecular complexity index is 499. The van der Waals surface area contributed by atoms with E-state index < -0.39 is 0 Å². The second-order valence-electron chi connectivity index (χ2n) is 6.24. The predicted molar refractivity (Wildman–Crippen MR) is 82.2 cm³/mol. The third-order valence-corrected chi connectivity index (χ3v) is 4.56. The van der Waals surface area contributed by atoms with Gasteiger partial charge < -0.3 is 9.80 Å². The first-order valence-corrected chi connectivity index (χ1v) is 8.04. The van der Waals surface area contributed by atoms with Gasteiger partial charge in [0.05, 0.1) is 11.9 Å². The fourth-order valence-electron chi connectivity index (χ4n) is 3.41. The molecule has 3 heterocycles. The van der Waals surface area contributed by atoms with E-state index in [0.717, 1.165) is 50.5 Å². The number of aromatic nitrogens is 2. The molecule has 0 bridgehead atoms. The Morgan fingerprint density at radius 3 is 2.81 bits per heavy atom. The second kappa shape index (κ2) is 6.41. The summed E-state index contributed by atoms with van der Waals surface area (Å²) in [5.74, 6) is 1.73. The first kappa shape index (κ1) is 14.3. The molecule has 2 aliphatic heterocycles. The van der Waals surface area contributed by atoms with E-state index in [0.29, 0.717) is 5.92 Å². The van der Waals surface area contributed by atoms with Crippen LogP contribution in [0.4, 0.5) is 5.82 Å². The van der Waals surface area contributed by atoms with Crippen LogP contribution in [0.25, 0.3) is 0 Å². The zero-order chi connectivity index (χ0) is 14.7. The number of nitrogens with zero attached hydrogens (tertiary/aromatic N) is 4. The minimum Gasteiger partial charge on any atom is -0.355 e. The van der Waals surface area contributed by atoms with Crippen LogP contribution in [0.2, 0.25) is 0 Å². The van der Waals surface area contributed by atoms with Crippen LogP contribution in [-0.4, -0.2) is 47.0 Å². The molecule has 0 N–H and O–H groups in total. The Morgan fingerprint density at radius 1 is 1.24 bits per heavy atom. The molecule has 1 atom stereocenters. The van der Waals surface area contributed by atoms with Gasteiger partial charge in [-0.15, -0.1) is 0 Å². The molecule has 114 valence electrons. The van der Waals surface area contributed by atoms with E-state index in [1.165, 1.54) is 19.3 Å². The molecule has 2 aliphatic rings. The number of likely N-dealkylation sites (tertiary alicyclic amines) is 1. The lowest BCUT2D eigenvalue weighted by Crippen LogP contribution is -2.39. The molecule has 0 aromatic carbocycles. The molecule has 3 rings (SSSR count). The van der Waals surface area contributed by atoms with E-state index >= 15 is 0 Å². The van der Waals surface area contributed by atoms with Crippen molar-refractivity contribution in [3.05, 3.63) is 18.1 Å². The molecule has 0 aliphatic carbocycles. The van der Waals surface area contributed by atoms with Crippen LogP contribution in [0, 0.1) is 5.92 Å². The SMILES string of the molecule is CC(=O)N1CCC[C@@H](Cc2cncc(N3CCCC3)n2)C1. The Hall–Kier alpha value is -1.65. The van der Waals surface area contributed by atoms with Gasteiger partial charge in [0.1, 0.15) is 5.82 Å². The summed E-state index contributed by atoms with van der Waals surface area (Å²) in [4.78, 5) is 24.9. The van der Waals surface area contributed by atoms with Crippen LogP contribution < -0.4 is 4.90 Å². The van der Waals surface area contributed by atoms with Gasteiger partial charge in [0.15, 0.2) is 0 Å². The average molecular weight is 288 g/mol. The monoisotopic (exact) mass is 288 g/mol. The van der Waals surface area contributed by atoms with Crippen molar-refractivity contribution in [3.8, 4) is 0 Å². The van der Waals surface area contributed by atoms with Gasteiger partial charge >= 0.3 is 0 Å². The molecule has 1 amide bonds. The molecule has 2 fully saturated rings. The topological polar surface area (TPSA) is 49.3 Å². The summed E-state index contributed by atoms with van der Waals surface area (Å²) in [5.41, 5.74) is 1.06. The van der Waals surface area contributed by atoms with Crippen LogP contribution in [-0.2, 0) is 11.2 Å². The number of carbonyl (C=O) groups is 1. The largest absolute Gasteiger partial charge is 0.355 e. The highest BCUT2D eigenvalue weighted by Crippen LogP contribution is 2.22. The number of amides is 1.